The Kier molecular flexibility index (Phi) is 7.18. The van der Waals surface area contributed by atoms with Gasteiger partial charge in [-0.1, -0.05) is 29.8 Å². The fourth-order valence-corrected chi connectivity index (χ4v) is 3.33. The van der Waals surface area contributed by atoms with Gasteiger partial charge in [0.2, 0.25) is 5.88 Å². The molecule has 2 aromatic carbocycles. The predicted octanol–water partition coefficient (Wildman–Crippen LogP) is 4.00. The van der Waals surface area contributed by atoms with Gasteiger partial charge in [0.05, 0.1) is 5.69 Å². The molecule has 0 saturated carbocycles. The van der Waals surface area contributed by atoms with Crippen molar-refractivity contribution >= 4 is 29.3 Å². The predicted molar refractivity (Wildman–Crippen MR) is 120 cm³/mol. The number of nitrogens with zero attached hydrogens (tertiary/aromatic N) is 2. The van der Waals surface area contributed by atoms with E-state index in [1.807, 2.05) is 37.4 Å². The lowest BCUT2D eigenvalue weighted by Gasteiger charge is -2.15. The first-order valence-corrected chi connectivity index (χ1v) is 10.9. The number of thioether (sulfide) groups is 1. The summed E-state index contributed by atoms with van der Waals surface area (Å²) in [5.74, 6) is -0.108. The molecular weight excluding hydrogens is 422 g/mol. The van der Waals surface area contributed by atoms with E-state index in [2.05, 4.69) is 10.4 Å². The summed E-state index contributed by atoms with van der Waals surface area (Å²) in [7, 11) is 0. The van der Waals surface area contributed by atoms with Gasteiger partial charge in [-0.05, 0) is 55.5 Å². The van der Waals surface area contributed by atoms with E-state index in [0.29, 0.717) is 17.3 Å². The Morgan fingerprint density at radius 1 is 1.20 bits per heavy atom. The molecule has 6 nitrogen and oxygen atoms in total. The molecule has 30 heavy (non-hydrogen) atoms. The molecule has 1 amide bonds. The highest BCUT2D eigenvalue weighted by Gasteiger charge is 2.16. The first-order chi connectivity index (χ1) is 14.4. The van der Waals surface area contributed by atoms with Crippen LogP contribution in [0.1, 0.15) is 18.1 Å². The lowest BCUT2D eigenvalue weighted by Crippen LogP contribution is -2.36. The molecule has 0 bridgehead atoms. The van der Waals surface area contributed by atoms with Crippen molar-refractivity contribution in [3.05, 3.63) is 81.1 Å². The number of rotatable bonds is 7. The molecule has 0 saturated heterocycles. The number of amides is 1. The fraction of sp³-hybridized carbons (Fsp3) is 0.227. The summed E-state index contributed by atoms with van der Waals surface area (Å²) < 4.78 is 6.89. The van der Waals surface area contributed by atoms with Gasteiger partial charge in [-0.15, -0.1) is 16.9 Å². The second kappa shape index (κ2) is 9.82. The molecule has 3 rings (SSSR count). The molecule has 0 radical (unpaired) electrons. The number of nitrogens with one attached hydrogen (secondary N) is 1. The van der Waals surface area contributed by atoms with E-state index < -0.39 is 6.10 Å². The molecule has 0 fully saturated rings. The van der Waals surface area contributed by atoms with Crippen molar-refractivity contribution < 1.29 is 9.53 Å². The summed E-state index contributed by atoms with van der Waals surface area (Å²) in [5, 5.41) is 7.59. The van der Waals surface area contributed by atoms with E-state index in [1.165, 1.54) is 16.8 Å². The van der Waals surface area contributed by atoms with Crippen LogP contribution < -0.4 is 15.6 Å². The topological polar surface area (TPSA) is 73.2 Å². The van der Waals surface area contributed by atoms with Crippen LogP contribution in [0.3, 0.4) is 0 Å². The Morgan fingerprint density at radius 3 is 2.63 bits per heavy atom. The molecule has 1 atom stereocenters. The largest absolute Gasteiger partial charge is 0.464 e. The van der Waals surface area contributed by atoms with E-state index in [-0.39, 0.29) is 17.3 Å². The Balaban J connectivity index is 1.68. The van der Waals surface area contributed by atoms with Crippen LogP contribution in [0, 0.1) is 6.92 Å². The van der Waals surface area contributed by atoms with Gasteiger partial charge in [-0.3, -0.25) is 9.59 Å². The van der Waals surface area contributed by atoms with E-state index in [1.54, 1.807) is 36.9 Å². The minimum absolute atomic E-state index is 0.168. The zero-order chi connectivity index (χ0) is 21.7. The van der Waals surface area contributed by atoms with Gasteiger partial charge in [-0.2, -0.15) is 4.68 Å². The average Bonchev–Trinajstić information content (AvgIpc) is 2.75. The normalized spacial score (nSPS) is 11.7. The van der Waals surface area contributed by atoms with Crippen LogP contribution in [-0.2, 0) is 11.3 Å². The number of hydrogen-bond acceptors (Lipinski definition) is 5. The summed E-state index contributed by atoms with van der Waals surface area (Å²) in [6.07, 6.45) is 1.23. The van der Waals surface area contributed by atoms with Gasteiger partial charge in [0.1, 0.15) is 0 Å². The highest BCUT2D eigenvalue weighted by atomic mass is 35.5. The molecule has 0 spiro atoms. The van der Waals surface area contributed by atoms with Gasteiger partial charge >= 0.3 is 0 Å². The van der Waals surface area contributed by atoms with Gasteiger partial charge in [0.25, 0.3) is 11.5 Å². The number of benzene rings is 2. The van der Waals surface area contributed by atoms with Crippen molar-refractivity contribution in [2.45, 2.75) is 31.4 Å². The third kappa shape index (κ3) is 5.43. The van der Waals surface area contributed by atoms with Crippen LogP contribution in [0.4, 0.5) is 0 Å². The van der Waals surface area contributed by atoms with Crippen LogP contribution in [0.15, 0.2) is 64.3 Å². The third-order valence-corrected chi connectivity index (χ3v) is 5.45. The number of carbonyl (C=O) groups excluding carboxylic acids is 1. The van der Waals surface area contributed by atoms with Crippen molar-refractivity contribution in [2.75, 3.05) is 6.26 Å². The number of aryl methyl sites for hydroxylation is 1. The molecule has 8 heteroatoms. The third-order valence-electron chi connectivity index (χ3n) is 4.47. The monoisotopic (exact) mass is 443 g/mol. The van der Waals surface area contributed by atoms with Crippen LogP contribution in [0.2, 0.25) is 5.02 Å². The minimum atomic E-state index is -0.783. The summed E-state index contributed by atoms with van der Waals surface area (Å²) in [6, 6.07) is 16.0. The molecule has 1 unspecified atom stereocenters. The van der Waals surface area contributed by atoms with Gasteiger partial charge < -0.3 is 10.1 Å². The fourth-order valence-electron chi connectivity index (χ4n) is 2.75. The van der Waals surface area contributed by atoms with Crippen molar-refractivity contribution in [1.82, 2.24) is 15.1 Å². The second-order valence-corrected chi connectivity index (χ2v) is 7.99. The first-order valence-electron chi connectivity index (χ1n) is 9.31. The van der Waals surface area contributed by atoms with E-state index in [4.69, 9.17) is 16.3 Å². The minimum Gasteiger partial charge on any atom is -0.464 e. The van der Waals surface area contributed by atoms with Gasteiger partial charge in [-0.25, -0.2) is 0 Å². The molecule has 1 N–H and O–H groups in total. The van der Waals surface area contributed by atoms with Crippen molar-refractivity contribution in [3.8, 4) is 11.6 Å². The van der Waals surface area contributed by atoms with Gasteiger partial charge in [0, 0.05) is 28.6 Å². The number of carbonyl (C=O) groups is 1. The van der Waals surface area contributed by atoms with Gasteiger partial charge in [0.15, 0.2) is 6.10 Å². The number of aromatic nitrogens is 2. The quantitative estimate of drug-likeness (QED) is 0.559. The van der Waals surface area contributed by atoms with Crippen molar-refractivity contribution in [1.29, 1.82) is 0 Å². The molecule has 0 aliphatic heterocycles. The number of ether oxygens (including phenoxy) is 1. The smallest absolute Gasteiger partial charge is 0.271 e. The lowest BCUT2D eigenvalue weighted by atomic mass is 10.2. The molecule has 0 aliphatic carbocycles. The SMILES string of the molecule is CSc1ccc(CNC(=O)C(C)Oc2ccc(=O)n(-c3cc(Cl)ccc3C)n2)cc1. The highest BCUT2D eigenvalue weighted by molar-refractivity contribution is 7.98. The summed E-state index contributed by atoms with van der Waals surface area (Å²) >= 11 is 7.72. The van der Waals surface area contributed by atoms with Crippen LogP contribution in [0.5, 0.6) is 5.88 Å². The highest BCUT2D eigenvalue weighted by Crippen LogP contribution is 2.19. The summed E-state index contributed by atoms with van der Waals surface area (Å²) in [5.41, 5.74) is 2.07. The Morgan fingerprint density at radius 2 is 1.93 bits per heavy atom. The average molecular weight is 444 g/mol. The molecule has 1 heterocycles. The maximum atomic E-state index is 12.4. The number of halogens is 1. The van der Waals surface area contributed by atoms with E-state index in [0.717, 1.165) is 16.0 Å². The van der Waals surface area contributed by atoms with Crippen LogP contribution >= 0.6 is 23.4 Å². The molecular formula is C22H22ClN3O3S. The van der Waals surface area contributed by atoms with Crippen molar-refractivity contribution in [3.63, 3.8) is 0 Å². The van der Waals surface area contributed by atoms with Crippen LogP contribution in [0.25, 0.3) is 5.69 Å². The van der Waals surface area contributed by atoms with Crippen molar-refractivity contribution in [2.24, 2.45) is 0 Å². The molecule has 0 aliphatic rings. The van der Waals surface area contributed by atoms with E-state index >= 15 is 0 Å². The molecule has 1 aromatic heterocycles. The number of hydrogen-bond donors (Lipinski definition) is 1. The molecule has 3 aromatic rings. The maximum Gasteiger partial charge on any atom is 0.271 e. The Hall–Kier alpha value is -2.77. The standard InChI is InChI=1S/C22H22ClN3O3S/c1-14-4-7-17(23)12-19(14)26-21(27)11-10-20(25-26)29-15(2)22(28)24-13-16-5-8-18(30-3)9-6-16/h4-12,15H,13H2,1-3H3,(H,24,28). The zero-order valence-corrected chi connectivity index (χ0v) is 18.5. The van der Waals surface area contributed by atoms with Crippen LogP contribution in [-0.4, -0.2) is 28.0 Å². The van der Waals surface area contributed by atoms with E-state index in [9.17, 15) is 9.59 Å². The molecule has 156 valence electrons. The second-order valence-electron chi connectivity index (χ2n) is 6.68. The first kappa shape index (κ1) is 21.9. The summed E-state index contributed by atoms with van der Waals surface area (Å²) in [6.45, 7) is 3.89. The Labute approximate surface area is 184 Å². The lowest BCUT2D eigenvalue weighted by molar-refractivity contribution is -0.127. The Bertz CT molecular complexity index is 1100. The summed E-state index contributed by atoms with van der Waals surface area (Å²) in [4.78, 5) is 25.9. The zero-order valence-electron chi connectivity index (χ0n) is 16.9. The maximum absolute atomic E-state index is 12.4.